The molecule has 0 aromatic rings. The van der Waals surface area contributed by atoms with Gasteiger partial charge in [0.15, 0.2) is 0 Å². The lowest BCUT2D eigenvalue weighted by Crippen LogP contribution is -2.45. The number of carbonyl (C=O) groups is 1. The van der Waals surface area contributed by atoms with E-state index in [0.29, 0.717) is 6.42 Å². The molecule has 380 valence electrons. The minimum absolute atomic E-state index is 0.0102. The van der Waals surface area contributed by atoms with Crippen LogP contribution in [-0.4, -0.2) is 46.1 Å². The van der Waals surface area contributed by atoms with E-state index in [2.05, 4.69) is 31.3 Å². The lowest BCUT2D eigenvalue weighted by Gasteiger charge is -2.21. The number of hydrogen-bond donors (Lipinski definition) is 4. The molecule has 0 fully saturated rings. The van der Waals surface area contributed by atoms with Crippen molar-refractivity contribution >= 4 is 5.91 Å². The molecule has 0 saturated carbocycles. The monoisotopic (exact) mass is 902 g/mol. The van der Waals surface area contributed by atoms with Gasteiger partial charge in [0.1, 0.15) is 0 Å². The van der Waals surface area contributed by atoms with Gasteiger partial charge in [-0.1, -0.05) is 308 Å². The van der Waals surface area contributed by atoms with Crippen molar-refractivity contribution < 1.29 is 20.1 Å². The maximum absolute atomic E-state index is 12.5. The maximum Gasteiger partial charge on any atom is 0.222 e. The van der Waals surface area contributed by atoms with Crippen molar-refractivity contribution in [3.8, 4) is 0 Å². The fourth-order valence-corrected chi connectivity index (χ4v) is 9.30. The van der Waals surface area contributed by atoms with E-state index in [9.17, 15) is 20.1 Å². The van der Waals surface area contributed by atoms with Gasteiger partial charge in [0, 0.05) is 0 Å². The van der Waals surface area contributed by atoms with Gasteiger partial charge in [-0.15, -0.1) is 0 Å². The number of carbonyl (C=O) groups excluding carboxylic acids is 1. The first-order valence-corrected chi connectivity index (χ1v) is 29.1. The van der Waals surface area contributed by atoms with E-state index in [1.54, 1.807) is 6.08 Å². The smallest absolute Gasteiger partial charge is 0.222 e. The molecule has 3 atom stereocenters. The quantitative estimate of drug-likeness (QED) is 0.0362. The fraction of sp³-hybridized carbons (Fsp3) is 0.915. The van der Waals surface area contributed by atoms with Crippen LogP contribution in [0, 0.1) is 0 Å². The van der Waals surface area contributed by atoms with E-state index >= 15 is 0 Å². The average Bonchev–Trinajstić information content (AvgIpc) is 3.29. The summed E-state index contributed by atoms with van der Waals surface area (Å²) in [6, 6.07) is -0.758. The highest BCUT2D eigenvalue weighted by Gasteiger charge is 2.20. The SMILES string of the molecule is CCCCCCCCCC/C=C/CC/C=C/C(O)C(CO)NC(=O)CC(O)CCCCCCCCCCCCCCCCCCCCCCCCCCCCCCCCCCCCC. The number of rotatable bonds is 54. The Hall–Kier alpha value is -1.17. The van der Waals surface area contributed by atoms with Crippen LogP contribution in [0.3, 0.4) is 0 Å². The molecule has 5 nitrogen and oxygen atoms in total. The maximum atomic E-state index is 12.5. The largest absolute Gasteiger partial charge is 0.394 e. The standard InChI is InChI=1S/C59H115NO4/c1-3-5-7-9-11-13-15-17-19-20-21-22-23-24-25-26-27-28-29-30-31-32-33-34-35-36-37-38-39-40-42-44-46-48-50-52-56(62)54-59(64)60-57(55-61)58(63)53-51-49-47-45-43-41-18-16-14-12-10-8-6-4-2/h43,45,51,53,56-58,61-63H,3-42,44,46-50,52,54-55H2,1-2H3,(H,60,64)/b45-43+,53-51+. The average molecular weight is 903 g/mol. The molecule has 1 amide bonds. The summed E-state index contributed by atoms with van der Waals surface area (Å²) in [5.74, 6) is -0.320. The van der Waals surface area contributed by atoms with Gasteiger partial charge in [-0.05, 0) is 32.1 Å². The van der Waals surface area contributed by atoms with Crippen LogP contribution in [0.2, 0.25) is 0 Å². The zero-order chi connectivity index (χ0) is 46.5. The third kappa shape index (κ3) is 50.2. The van der Waals surface area contributed by atoms with Crippen molar-refractivity contribution in [3.63, 3.8) is 0 Å². The molecule has 4 N–H and O–H groups in total. The number of hydrogen-bond acceptors (Lipinski definition) is 4. The number of nitrogens with one attached hydrogen (secondary N) is 1. The molecular formula is C59H115NO4. The summed E-state index contributed by atoms with van der Waals surface area (Å²) in [4.78, 5) is 12.5. The number of allylic oxidation sites excluding steroid dienone is 3. The van der Waals surface area contributed by atoms with Crippen LogP contribution in [0.5, 0.6) is 0 Å². The highest BCUT2D eigenvalue weighted by molar-refractivity contribution is 5.76. The molecule has 0 aromatic heterocycles. The second-order valence-electron chi connectivity index (χ2n) is 20.3. The van der Waals surface area contributed by atoms with Crippen LogP contribution in [-0.2, 0) is 4.79 Å². The van der Waals surface area contributed by atoms with Gasteiger partial charge >= 0.3 is 0 Å². The van der Waals surface area contributed by atoms with Crippen LogP contribution in [0.15, 0.2) is 24.3 Å². The summed E-state index contributed by atoms with van der Waals surface area (Å²) < 4.78 is 0. The van der Waals surface area contributed by atoms with E-state index < -0.39 is 18.2 Å². The molecule has 0 rings (SSSR count). The predicted octanol–water partition coefficient (Wildman–Crippen LogP) is 18.1. The van der Waals surface area contributed by atoms with Crippen LogP contribution in [0.25, 0.3) is 0 Å². The van der Waals surface area contributed by atoms with Crippen molar-refractivity contribution in [3.05, 3.63) is 24.3 Å². The summed E-state index contributed by atoms with van der Waals surface area (Å²) in [6.45, 7) is 4.22. The van der Waals surface area contributed by atoms with Gasteiger partial charge in [0.25, 0.3) is 0 Å². The normalized spacial score (nSPS) is 13.4. The first kappa shape index (κ1) is 62.8. The molecule has 0 aliphatic carbocycles. The Morgan fingerprint density at radius 3 is 1.00 bits per heavy atom. The number of aliphatic hydroxyl groups excluding tert-OH is 3. The lowest BCUT2D eigenvalue weighted by molar-refractivity contribution is -0.124. The van der Waals surface area contributed by atoms with E-state index in [1.165, 1.54) is 263 Å². The van der Waals surface area contributed by atoms with Gasteiger partial charge in [-0.25, -0.2) is 0 Å². The van der Waals surface area contributed by atoms with E-state index in [1.807, 2.05) is 6.08 Å². The zero-order valence-electron chi connectivity index (χ0n) is 43.4. The Bertz CT molecular complexity index is 951. The molecule has 0 radical (unpaired) electrons. The number of amides is 1. The summed E-state index contributed by atoms with van der Waals surface area (Å²) in [6.07, 6.45) is 69.7. The van der Waals surface area contributed by atoms with Crippen LogP contribution in [0.4, 0.5) is 0 Å². The van der Waals surface area contributed by atoms with Crippen molar-refractivity contribution in [2.24, 2.45) is 0 Å². The van der Waals surface area contributed by atoms with Crippen molar-refractivity contribution in [1.82, 2.24) is 5.32 Å². The minimum Gasteiger partial charge on any atom is -0.394 e. The zero-order valence-corrected chi connectivity index (χ0v) is 43.4. The van der Waals surface area contributed by atoms with Crippen LogP contribution >= 0.6 is 0 Å². The molecule has 0 aliphatic rings. The molecule has 3 unspecified atom stereocenters. The van der Waals surface area contributed by atoms with Gasteiger partial charge in [0.05, 0.1) is 31.3 Å². The Labute approximate surface area is 401 Å². The van der Waals surface area contributed by atoms with E-state index in [0.717, 1.165) is 32.1 Å². The fourth-order valence-electron chi connectivity index (χ4n) is 9.30. The highest BCUT2D eigenvalue weighted by Crippen LogP contribution is 2.18. The minimum atomic E-state index is -0.949. The Kier molecular flexibility index (Phi) is 53.4. The summed E-state index contributed by atoms with van der Waals surface area (Å²) in [7, 11) is 0. The second-order valence-corrected chi connectivity index (χ2v) is 20.3. The molecule has 0 bridgehead atoms. The Morgan fingerprint density at radius 2 is 0.672 bits per heavy atom. The topological polar surface area (TPSA) is 89.8 Å². The highest BCUT2D eigenvalue weighted by atomic mass is 16.3. The summed E-state index contributed by atoms with van der Waals surface area (Å²) in [5.41, 5.74) is 0. The van der Waals surface area contributed by atoms with Gasteiger partial charge in [-0.3, -0.25) is 4.79 Å². The van der Waals surface area contributed by atoms with E-state index in [-0.39, 0.29) is 18.9 Å². The lowest BCUT2D eigenvalue weighted by atomic mass is 10.0. The molecule has 0 aromatic carbocycles. The van der Waals surface area contributed by atoms with Crippen molar-refractivity contribution in [2.75, 3.05) is 6.61 Å². The van der Waals surface area contributed by atoms with E-state index in [4.69, 9.17) is 0 Å². The second kappa shape index (κ2) is 54.4. The first-order chi connectivity index (χ1) is 31.5. The van der Waals surface area contributed by atoms with Crippen LogP contribution < -0.4 is 5.32 Å². The molecule has 0 saturated heterocycles. The molecule has 5 heteroatoms. The third-order valence-corrected chi connectivity index (χ3v) is 13.7. The summed E-state index contributed by atoms with van der Waals surface area (Å²) in [5, 5.41) is 33.3. The first-order valence-electron chi connectivity index (χ1n) is 29.1. The Morgan fingerprint density at radius 1 is 0.391 bits per heavy atom. The molecule has 0 heterocycles. The number of aliphatic hydroxyl groups is 3. The molecule has 0 aliphatic heterocycles. The van der Waals surface area contributed by atoms with Crippen molar-refractivity contribution in [2.45, 2.75) is 340 Å². The Balaban J connectivity index is 3.45. The van der Waals surface area contributed by atoms with Gasteiger partial charge < -0.3 is 20.6 Å². The van der Waals surface area contributed by atoms with Crippen LogP contribution in [0.1, 0.15) is 322 Å². The van der Waals surface area contributed by atoms with Crippen molar-refractivity contribution in [1.29, 1.82) is 0 Å². The molecular weight excluding hydrogens is 787 g/mol. The third-order valence-electron chi connectivity index (χ3n) is 13.7. The van der Waals surface area contributed by atoms with Gasteiger partial charge in [-0.2, -0.15) is 0 Å². The predicted molar refractivity (Wildman–Crippen MR) is 282 cm³/mol. The number of unbranched alkanes of at least 4 members (excludes halogenated alkanes) is 43. The molecule has 0 spiro atoms. The molecule has 64 heavy (non-hydrogen) atoms. The van der Waals surface area contributed by atoms with Gasteiger partial charge in [0.2, 0.25) is 5.91 Å². The summed E-state index contributed by atoms with van der Waals surface area (Å²) >= 11 is 0.